The number of benzene rings is 2. The molecular formula is C16H12FNO2. The predicted octanol–water partition coefficient (Wildman–Crippen LogP) is 3.13. The van der Waals surface area contributed by atoms with E-state index in [1.54, 1.807) is 43.5 Å². The maximum atomic E-state index is 13.5. The number of rotatable bonds is 4. The highest BCUT2D eigenvalue weighted by molar-refractivity contribution is 5.97. The van der Waals surface area contributed by atoms with Crippen molar-refractivity contribution in [1.29, 1.82) is 5.26 Å². The summed E-state index contributed by atoms with van der Waals surface area (Å²) in [6.45, 7) is 0. The van der Waals surface area contributed by atoms with Crippen LogP contribution >= 0.6 is 0 Å². The van der Waals surface area contributed by atoms with Crippen LogP contribution < -0.4 is 4.74 Å². The molecule has 3 nitrogen and oxygen atoms in total. The Kier molecular flexibility index (Phi) is 4.11. The monoisotopic (exact) mass is 269 g/mol. The van der Waals surface area contributed by atoms with Gasteiger partial charge in [0, 0.05) is 12.0 Å². The molecule has 100 valence electrons. The predicted molar refractivity (Wildman–Crippen MR) is 72.1 cm³/mol. The molecule has 20 heavy (non-hydrogen) atoms. The number of carbonyl (C=O) groups is 1. The third-order valence-corrected chi connectivity index (χ3v) is 2.97. The van der Waals surface area contributed by atoms with Gasteiger partial charge in [-0.1, -0.05) is 12.1 Å². The standard InChI is InChI=1S/C16H12FNO2/c1-20-13-7-5-11(6-8-13)16(19)9-12-3-2-4-15(17)14(12)10-18/h2-8H,9H2,1H3. The minimum absolute atomic E-state index is 0.00696. The minimum atomic E-state index is -0.604. The summed E-state index contributed by atoms with van der Waals surface area (Å²) >= 11 is 0. The van der Waals surface area contributed by atoms with Gasteiger partial charge in [-0.05, 0) is 35.9 Å². The highest BCUT2D eigenvalue weighted by Crippen LogP contribution is 2.17. The first-order valence-corrected chi connectivity index (χ1v) is 6.00. The summed E-state index contributed by atoms with van der Waals surface area (Å²) in [6, 6.07) is 12.7. The number of hydrogen-bond acceptors (Lipinski definition) is 3. The van der Waals surface area contributed by atoms with E-state index in [1.807, 2.05) is 0 Å². The Bertz CT molecular complexity index is 672. The lowest BCUT2D eigenvalue weighted by atomic mass is 9.99. The Morgan fingerprint density at radius 3 is 2.55 bits per heavy atom. The molecule has 0 spiro atoms. The number of hydrogen-bond donors (Lipinski definition) is 0. The number of carbonyl (C=O) groups excluding carboxylic acids is 1. The number of nitrogens with zero attached hydrogens (tertiary/aromatic N) is 1. The van der Waals surface area contributed by atoms with Crippen LogP contribution in [0, 0.1) is 17.1 Å². The Morgan fingerprint density at radius 2 is 1.95 bits per heavy atom. The van der Waals surface area contributed by atoms with Crippen molar-refractivity contribution in [3.05, 3.63) is 65.0 Å². The van der Waals surface area contributed by atoms with E-state index >= 15 is 0 Å². The van der Waals surface area contributed by atoms with Crippen LogP contribution in [-0.2, 0) is 6.42 Å². The second-order valence-electron chi connectivity index (χ2n) is 4.21. The third kappa shape index (κ3) is 2.83. The van der Waals surface area contributed by atoms with Crippen LogP contribution in [0.1, 0.15) is 21.5 Å². The minimum Gasteiger partial charge on any atom is -0.497 e. The highest BCUT2D eigenvalue weighted by atomic mass is 19.1. The molecular weight excluding hydrogens is 257 g/mol. The number of nitriles is 1. The molecule has 0 radical (unpaired) electrons. The van der Waals surface area contributed by atoms with E-state index in [4.69, 9.17) is 10.00 Å². The molecule has 0 N–H and O–H groups in total. The van der Waals surface area contributed by atoms with Crippen molar-refractivity contribution >= 4 is 5.78 Å². The summed E-state index contributed by atoms with van der Waals surface area (Å²) in [5.74, 6) is -0.118. The van der Waals surface area contributed by atoms with Crippen LogP contribution in [0.25, 0.3) is 0 Å². The molecule has 0 aliphatic rings. The zero-order valence-electron chi connectivity index (χ0n) is 10.9. The smallest absolute Gasteiger partial charge is 0.167 e. The van der Waals surface area contributed by atoms with Gasteiger partial charge in [-0.25, -0.2) is 4.39 Å². The first-order valence-electron chi connectivity index (χ1n) is 6.00. The molecule has 0 atom stereocenters. The van der Waals surface area contributed by atoms with Gasteiger partial charge >= 0.3 is 0 Å². The van der Waals surface area contributed by atoms with Crippen LogP contribution in [-0.4, -0.2) is 12.9 Å². The van der Waals surface area contributed by atoms with E-state index in [0.29, 0.717) is 16.9 Å². The Hall–Kier alpha value is -2.67. The molecule has 0 heterocycles. The second-order valence-corrected chi connectivity index (χ2v) is 4.21. The van der Waals surface area contributed by atoms with Crippen molar-refractivity contribution in [3.8, 4) is 11.8 Å². The largest absolute Gasteiger partial charge is 0.497 e. The third-order valence-electron chi connectivity index (χ3n) is 2.97. The number of ether oxygens (including phenoxy) is 1. The van der Waals surface area contributed by atoms with Gasteiger partial charge in [0.05, 0.1) is 12.7 Å². The molecule has 2 aromatic rings. The van der Waals surface area contributed by atoms with Gasteiger partial charge in [0.1, 0.15) is 17.6 Å². The molecule has 0 aliphatic carbocycles. The summed E-state index contributed by atoms with van der Waals surface area (Å²) in [7, 11) is 1.54. The van der Waals surface area contributed by atoms with E-state index < -0.39 is 5.82 Å². The quantitative estimate of drug-likeness (QED) is 0.801. The van der Waals surface area contributed by atoms with Crippen molar-refractivity contribution in [3.63, 3.8) is 0 Å². The van der Waals surface area contributed by atoms with Crippen molar-refractivity contribution < 1.29 is 13.9 Å². The summed E-state index contributed by atoms with van der Waals surface area (Å²) < 4.78 is 18.5. The van der Waals surface area contributed by atoms with E-state index in [9.17, 15) is 9.18 Å². The number of Topliss-reactive ketones (excluding diaryl/α,β-unsaturated/α-hetero) is 1. The Morgan fingerprint density at radius 1 is 1.25 bits per heavy atom. The average Bonchev–Trinajstić information content (AvgIpc) is 2.47. The first kappa shape index (κ1) is 13.8. The Labute approximate surface area is 116 Å². The lowest BCUT2D eigenvalue weighted by molar-refractivity contribution is 0.0993. The summed E-state index contributed by atoms with van der Waals surface area (Å²) in [5, 5.41) is 8.93. The van der Waals surface area contributed by atoms with Gasteiger partial charge in [0.2, 0.25) is 0 Å². The molecule has 0 amide bonds. The number of ketones is 1. The fraction of sp³-hybridized carbons (Fsp3) is 0.125. The molecule has 4 heteroatoms. The fourth-order valence-corrected chi connectivity index (χ4v) is 1.89. The molecule has 2 aromatic carbocycles. The average molecular weight is 269 g/mol. The molecule has 0 fully saturated rings. The first-order chi connectivity index (χ1) is 9.65. The zero-order valence-corrected chi connectivity index (χ0v) is 10.9. The molecule has 0 unspecified atom stereocenters. The van der Waals surface area contributed by atoms with Crippen LogP contribution in [0.4, 0.5) is 4.39 Å². The van der Waals surface area contributed by atoms with Crippen LogP contribution in [0.3, 0.4) is 0 Å². The molecule has 2 rings (SSSR count). The second kappa shape index (κ2) is 5.98. The molecule has 0 bridgehead atoms. The highest BCUT2D eigenvalue weighted by Gasteiger charge is 2.13. The Balaban J connectivity index is 2.23. The van der Waals surface area contributed by atoms with Gasteiger partial charge in [0.25, 0.3) is 0 Å². The maximum absolute atomic E-state index is 13.5. The van der Waals surface area contributed by atoms with Crippen LogP contribution in [0.5, 0.6) is 5.75 Å². The van der Waals surface area contributed by atoms with Crippen molar-refractivity contribution in [1.82, 2.24) is 0 Å². The maximum Gasteiger partial charge on any atom is 0.167 e. The SMILES string of the molecule is COc1ccc(C(=O)Cc2cccc(F)c2C#N)cc1. The normalized spacial score (nSPS) is 9.85. The van der Waals surface area contributed by atoms with Gasteiger partial charge in [-0.3, -0.25) is 4.79 Å². The van der Waals surface area contributed by atoms with E-state index in [0.717, 1.165) is 0 Å². The summed E-state index contributed by atoms with van der Waals surface area (Å²) in [6.07, 6.45) is -0.00696. The molecule has 0 aliphatic heterocycles. The van der Waals surface area contributed by atoms with E-state index in [1.165, 1.54) is 12.1 Å². The summed E-state index contributed by atoms with van der Waals surface area (Å²) in [5.41, 5.74) is 0.821. The van der Waals surface area contributed by atoms with Crippen molar-refractivity contribution in [2.24, 2.45) is 0 Å². The van der Waals surface area contributed by atoms with E-state index in [2.05, 4.69) is 0 Å². The molecule has 0 saturated heterocycles. The van der Waals surface area contributed by atoms with Gasteiger partial charge in [0.15, 0.2) is 5.78 Å². The lowest BCUT2D eigenvalue weighted by Gasteiger charge is -2.05. The topological polar surface area (TPSA) is 50.1 Å². The lowest BCUT2D eigenvalue weighted by Crippen LogP contribution is -2.06. The van der Waals surface area contributed by atoms with Gasteiger partial charge in [-0.15, -0.1) is 0 Å². The summed E-state index contributed by atoms with van der Waals surface area (Å²) in [4.78, 5) is 12.1. The number of methoxy groups -OCH3 is 1. The van der Waals surface area contributed by atoms with Crippen molar-refractivity contribution in [2.75, 3.05) is 7.11 Å². The van der Waals surface area contributed by atoms with Gasteiger partial charge in [-0.2, -0.15) is 5.26 Å². The van der Waals surface area contributed by atoms with Crippen molar-refractivity contribution in [2.45, 2.75) is 6.42 Å². The van der Waals surface area contributed by atoms with Crippen LogP contribution in [0.15, 0.2) is 42.5 Å². The molecule has 0 saturated carbocycles. The van der Waals surface area contributed by atoms with Gasteiger partial charge < -0.3 is 4.74 Å². The zero-order chi connectivity index (χ0) is 14.5. The number of halogens is 1. The van der Waals surface area contributed by atoms with E-state index in [-0.39, 0.29) is 17.8 Å². The fourth-order valence-electron chi connectivity index (χ4n) is 1.89. The molecule has 0 aromatic heterocycles. The van der Waals surface area contributed by atoms with Crippen LogP contribution in [0.2, 0.25) is 0 Å².